The first-order valence-electron chi connectivity index (χ1n) is 9.28. The molecule has 0 radical (unpaired) electrons. The molecule has 2 N–H and O–H groups in total. The fourth-order valence-electron chi connectivity index (χ4n) is 3.19. The van der Waals surface area contributed by atoms with Crippen LogP contribution in [0.5, 0.6) is 0 Å². The van der Waals surface area contributed by atoms with E-state index < -0.39 is 0 Å². The van der Waals surface area contributed by atoms with Gasteiger partial charge in [-0.05, 0) is 44.2 Å². The average molecular weight is 391 g/mol. The summed E-state index contributed by atoms with van der Waals surface area (Å²) in [6, 6.07) is 9.00. The highest BCUT2D eigenvalue weighted by Gasteiger charge is 2.17. The maximum atomic E-state index is 12.5. The average Bonchev–Trinajstić information content (AvgIpc) is 3.06. The van der Waals surface area contributed by atoms with Gasteiger partial charge in [0, 0.05) is 25.0 Å². The predicted molar refractivity (Wildman–Crippen MR) is 108 cm³/mol. The van der Waals surface area contributed by atoms with Crippen LogP contribution in [-0.4, -0.2) is 51.2 Å². The monoisotopic (exact) mass is 391 g/mol. The van der Waals surface area contributed by atoms with Crippen molar-refractivity contribution in [1.82, 2.24) is 25.1 Å². The number of carbonyl (C=O) groups is 2. The first kappa shape index (κ1) is 18.6. The van der Waals surface area contributed by atoms with Gasteiger partial charge in [0.2, 0.25) is 5.91 Å². The molecule has 29 heavy (non-hydrogen) atoms. The topological polar surface area (TPSA) is 105 Å². The zero-order valence-electron chi connectivity index (χ0n) is 16.2. The van der Waals surface area contributed by atoms with Crippen LogP contribution >= 0.6 is 0 Å². The van der Waals surface area contributed by atoms with Crippen molar-refractivity contribution >= 4 is 23.3 Å². The van der Waals surface area contributed by atoms with E-state index in [1.165, 1.54) is 6.20 Å². The summed E-state index contributed by atoms with van der Waals surface area (Å²) in [6.45, 7) is 5.46. The Bertz CT molecular complexity index is 1040. The van der Waals surface area contributed by atoms with Crippen molar-refractivity contribution in [2.24, 2.45) is 0 Å². The first-order chi connectivity index (χ1) is 14.0. The number of hydrogen-bond acceptors (Lipinski definition) is 6. The summed E-state index contributed by atoms with van der Waals surface area (Å²) >= 11 is 0. The van der Waals surface area contributed by atoms with E-state index in [0.29, 0.717) is 36.0 Å². The van der Waals surface area contributed by atoms with Crippen LogP contribution in [0.25, 0.3) is 5.82 Å². The number of piperazine rings is 1. The molecule has 2 amide bonds. The predicted octanol–water partition coefficient (Wildman–Crippen LogP) is 1.47. The van der Waals surface area contributed by atoms with Gasteiger partial charge in [-0.15, -0.1) is 0 Å². The van der Waals surface area contributed by atoms with Gasteiger partial charge < -0.3 is 15.5 Å². The summed E-state index contributed by atoms with van der Waals surface area (Å²) in [6.07, 6.45) is 3.10. The zero-order valence-corrected chi connectivity index (χ0v) is 16.2. The highest BCUT2D eigenvalue weighted by molar-refractivity contribution is 6.04. The van der Waals surface area contributed by atoms with E-state index >= 15 is 0 Å². The lowest BCUT2D eigenvalue weighted by Gasteiger charge is -2.27. The van der Waals surface area contributed by atoms with Gasteiger partial charge in [-0.25, -0.2) is 14.6 Å². The van der Waals surface area contributed by atoms with Gasteiger partial charge in [-0.1, -0.05) is 0 Å². The van der Waals surface area contributed by atoms with Crippen molar-refractivity contribution < 1.29 is 9.59 Å². The molecule has 0 unspecified atom stereocenters. The molecule has 1 aliphatic rings. The van der Waals surface area contributed by atoms with Gasteiger partial charge in [0.1, 0.15) is 5.82 Å². The highest BCUT2D eigenvalue weighted by Crippen LogP contribution is 2.16. The number of nitrogens with one attached hydrogen (secondary N) is 2. The minimum Gasteiger partial charge on any atom is -0.353 e. The number of anilines is 2. The lowest BCUT2D eigenvalue weighted by atomic mass is 10.2. The van der Waals surface area contributed by atoms with E-state index in [4.69, 9.17) is 0 Å². The number of pyridine rings is 2. The minimum absolute atomic E-state index is 0.0214. The molecule has 0 saturated carbocycles. The third-order valence-corrected chi connectivity index (χ3v) is 4.60. The van der Waals surface area contributed by atoms with Gasteiger partial charge in [0.25, 0.3) is 5.91 Å². The lowest BCUT2D eigenvalue weighted by Crippen LogP contribution is -2.48. The molecular weight excluding hydrogens is 370 g/mol. The second-order valence-corrected chi connectivity index (χ2v) is 6.87. The summed E-state index contributed by atoms with van der Waals surface area (Å²) in [7, 11) is 0. The number of carbonyl (C=O) groups excluding carboxylic acids is 2. The van der Waals surface area contributed by atoms with E-state index in [1.54, 1.807) is 35.1 Å². The molecule has 4 heterocycles. The van der Waals surface area contributed by atoms with Crippen molar-refractivity contribution in [2.75, 3.05) is 29.9 Å². The molecule has 1 saturated heterocycles. The molecule has 0 atom stereocenters. The molecule has 0 spiro atoms. The Kier molecular flexibility index (Phi) is 4.94. The van der Waals surface area contributed by atoms with Crippen molar-refractivity contribution in [3.05, 3.63) is 59.7 Å². The summed E-state index contributed by atoms with van der Waals surface area (Å²) in [5.41, 5.74) is 2.90. The Hall–Kier alpha value is -3.75. The highest BCUT2D eigenvalue weighted by atomic mass is 16.2. The van der Waals surface area contributed by atoms with Gasteiger partial charge in [0.05, 0.1) is 29.7 Å². The Morgan fingerprint density at radius 1 is 1.10 bits per heavy atom. The number of aryl methyl sites for hydroxylation is 2. The van der Waals surface area contributed by atoms with E-state index in [9.17, 15) is 9.59 Å². The quantitative estimate of drug-likeness (QED) is 0.698. The fourth-order valence-corrected chi connectivity index (χ4v) is 3.19. The van der Waals surface area contributed by atoms with E-state index in [0.717, 1.165) is 11.4 Å². The third-order valence-electron chi connectivity index (χ3n) is 4.60. The van der Waals surface area contributed by atoms with Crippen molar-refractivity contribution in [1.29, 1.82) is 0 Å². The number of rotatable bonds is 4. The van der Waals surface area contributed by atoms with Gasteiger partial charge in [0.15, 0.2) is 5.82 Å². The Labute approximate surface area is 167 Å². The molecule has 9 heteroatoms. The van der Waals surface area contributed by atoms with Crippen LogP contribution in [0.4, 0.5) is 11.5 Å². The zero-order chi connectivity index (χ0) is 20.4. The maximum Gasteiger partial charge on any atom is 0.257 e. The normalized spacial score (nSPS) is 13.9. The molecule has 4 rings (SSSR count). The second kappa shape index (κ2) is 7.70. The summed E-state index contributed by atoms with van der Waals surface area (Å²) in [5, 5.41) is 9.98. The Morgan fingerprint density at radius 2 is 1.90 bits per heavy atom. The largest absolute Gasteiger partial charge is 0.353 e. The summed E-state index contributed by atoms with van der Waals surface area (Å²) in [5.74, 6) is 1.06. The van der Waals surface area contributed by atoms with Crippen molar-refractivity contribution in [3.63, 3.8) is 0 Å². The van der Waals surface area contributed by atoms with Gasteiger partial charge in [-0.2, -0.15) is 5.10 Å². The molecule has 148 valence electrons. The van der Waals surface area contributed by atoms with Crippen molar-refractivity contribution in [2.45, 2.75) is 13.8 Å². The molecule has 3 aromatic heterocycles. The Morgan fingerprint density at radius 3 is 2.52 bits per heavy atom. The number of hydrogen-bond donors (Lipinski definition) is 2. The van der Waals surface area contributed by atoms with Crippen LogP contribution in [0.1, 0.15) is 21.7 Å². The smallest absolute Gasteiger partial charge is 0.257 e. The maximum absolute atomic E-state index is 12.5. The Balaban J connectivity index is 1.42. The summed E-state index contributed by atoms with van der Waals surface area (Å²) in [4.78, 5) is 34.6. The van der Waals surface area contributed by atoms with Crippen LogP contribution in [0.15, 0.2) is 42.7 Å². The third kappa shape index (κ3) is 4.08. The molecule has 0 bridgehead atoms. The molecule has 1 aliphatic heterocycles. The minimum atomic E-state index is -0.274. The SMILES string of the molecule is Cc1cc(C)n(-c2ccc(C(=O)Nc3ccc(N4CCNC(=O)C4)nc3)cn2)n1. The van der Waals surface area contributed by atoms with E-state index in [2.05, 4.69) is 25.7 Å². The second-order valence-electron chi connectivity index (χ2n) is 6.87. The number of aromatic nitrogens is 4. The van der Waals surface area contributed by atoms with Gasteiger partial charge in [-0.3, -0.25) is 9.59 Å². The van der Waals surface area contributed by atoms with Gasteiger partial charge >= 0.3 is 0 Å². The number of amides is 2. The summed E-state index contributed by atoms with van der Waals surface area (Å²) < 4.78 is 1.74. The van der Waals surface area contributed by atoms with Crippen LogP contribution in [-0.2, 0) is 4.79 Å². The van der Waals surface area contributed by atoms with Crippen LogP contribution in [0.3, 0.4) is 0 Å². The van der Waals surface area contributed by atoms with Crippen LogP contribution in [0.2, 0.25) is 0 Å². The molecule has 1 fully saturated rings. The van der Waals surface area contributed by atoms with Crippen LogP contribution in [0, 0.1) is 13.8 Å². The molecule has 9 nitrogen and oxygen atoms in total. The van der Waals surface area contributed by atoms with Crippen molar-refractivity contribution in [3.8, 4) is 5.82 Å². The van der Waals surface area contributed by atoms with E-state index in [-0.39, 0.29) is 18.4 Å². The first-order valence-corrected chi connectivity index (χ1v) is 9.28. The van der Waals surface area contributed by atoms with E-state index in [1.807, 2.05) is 24.8 Å². The molecular formula is C20H21N7O2. The lowest BCUT2D eigenvalue weighted by molar-refractivity contribution is -0.120. The fraction of sp³-hybridized carbons (Fsp3) is 0.250. The number of nitrogens with zero attached hydrogens (tertiary/aromatic N) is 5. The standard InChI is InChI=1S/C20H21N7O2/c1-13-9-14(2)27(25-13)18-5-3-15(10-22-18)20(29)24-16-4-6-17(23-11-16)26-8-7-21-19(28)12-26/h3-6,9-11H,7-8,12H2,1-2H3,(H,21,28)(H,24,29). The van der Waals surface area contributed by atoms with Crippen LogP contribution < -0.4 is 15.5 Å². The molecule has 0 aromatic carbocycles. The molecule has 3 aromatic rings. The molecule has 0 aliphatic carbocycles.